The van der Waals surface area contributed by atoms with E-state index in [0.29, 0.717) is 0 Å². The Morgan fingerprint density at radius 3 is 2.47 bits per heavy atom. The van der Waals surface area contributed by atoms with E-state index in [1.807, 2.05) is 6.07 Å². The third-order valence-corrected chi connectivity index (χ3v) is 6.14. The highest BCUT2D eigenvalue weighted by molar-refractivity contribution is 6.04. The monoisotopic (exact) mass is 390 g/mol. The maximum atomic E-state index is 6.45. The highest BCUT2D eigenvalue weighted by Gasteiger charge is 2.40. The Labute approximate surface area is 176 Å². The van der Waals surface area contributed by atoms with Gasteiger partial charge >= 0.3 is 0 Å². The van der Waals surface area contributed by atoms with Crippen molar-refractivity contribution in [3.8, 4) is 5.75 Å². The van der Waals surface area contributed by atoms with Crippen LogP contribution >= 0.6 is 0 Å². The maximum Gasteiger partial charge on any atom is 0.213 e. The van der Waals surface area contributed by atoms with E-state index in [4.69, 9.17) is 9.84 Å². The van der Waals surface area contributed by atoms with Gasteiger partial charge in [0.25, 0.3) is 0 Å². The number of rotatable bonds is 2. The molecule has 6 rings (SSSR count). The lowest BCUT2D eigenvalue weighted by molar-refractivity contribution is -0.0190. The van der Waals surface area contributed by atoms with Gasteiger partial charge in [-0.2, -0.15) is 5.10 Å². The predicted molar refractivity (Wildman–Crippen MR) is 121 cm³/mol. The van der Waals surface area contributed by atoms with Gasteiger partial charge in [0, 0.05) is 17.5 Å². The van der Waals surface area contributed by atoms with Crippen LogP contribution in [0.2, 0.25) is 0 Å². The molecule has 4 aromatic rings. The van der Waals surface area contributed by atoms with Crippen LogP contribution in [0.5, 0.6) is 5.75 Å². The summed E-state index contributed by atoms with van der Waals surface area (Å²) in [7, 11) is 0. The number of hydrazone groups is 1. The summed E-state index contributed by atoms with van der Waals surface area (Å²) in [5.41, 5.74) is 5.88. The Morgan fingerprint density at radius 2 is 1.60 bits per heavy atom. The van der Waals surface area contributed by atoms with Crippen molar-refractivity contribution in [2.75, 3.05) is 0 Å². The van der Waals surface area contributed by atoms with Crippen LogP contribution in [-0.2, 0) is 0 Å². The third kappa shape index (κ3) is 2.78. The van der Waals surface area contributed by atoms with Gasteiger partial charge in [-0.25, -0.2) is 5.01 Å². The Kier molecular flexibility index (Phi) is 3.88. The SMILES string of the molecule is Cc1ccc([C@@H]2Oc3ccccc3[C@@H]3CC(c4ccc5ccccc5c4)=NN32)cc1. The number of para-hydroxylation sites is 1. The molecule has 30 heavy (non-hydrogen) atoms. The number of aryl methyl sites for hydroxylation is 1. The summed E-state index contributed by atoms with van der Waals surface area (Å²) < 4.78 is 6.45. The fourth-order valence-corrected chi connectivity index (χ4v) is 4.53. The van der Waals surface area contributed by atoms with Gasteiger partial charge < -0.3 is 4.74 Å². The molecular weight excluding hydrogens is 368 g/mol. The fourth-order valence-electron chi connectivity index (χ4n) is 4.53. The number of nitrogens with zero attached hydrogens (tertiary/aromatic N) is 2. The zero-order chi connectivity index (χ0) is 20.1. The second-order valence-corrected chi connectivity index (χ2v) is 8.13. The zero-order valence-corrected chi connectivity index (χ0v) is 16.8. The van der Waals surface area contributed by atoms with Gasteiger partial charge in [0.15, 0.2) is 0 Å². The molecule has 2 aliphatic heterocycles. The van der Waals surface area contributed by atoms with Crippen LogP contribution in [0.1, 0.15) is 40.9 Å². The first-order valence-corrected chi connectivity index (χ1v) is 10.4. The molecule has 2 atom stereocenters. The molecule has 0 saturated heterocycles. The molecule has 2 aliphatic rings. The van der Waals surface area contributed by atoms with Crippen LogP contribution in [0.15, 0.2) is 96.1 Å². The summed E-state index contributed by atoms with van der Waals surface area (Å²) in [6.07, 6.45) is 0.657. The molecule has 0 amide bonds. The first-order valence-electron chi connectivity index (χ1n) is 10.4. The molecule has 3 heteroatoms. The molecule has 0 unspecified atom stereocenters. The molecule has 0 radical (unpaired) electrons. The van der Waals surface area contributed by atoms with E-state index >= 15 is 0 Å². The van der Waals surface area contributed by atoms with Crippen LogP contribution in [0.25, 0.3) is 10.8 Å². The minimum atomic E-state index is -0.219. The number of fused-ring (bicyclic) bond motifs is 4. The smallest absolute Gasteiger partial charge is 0.213 e. The van der Waals surface area contributed by atoms with E-state index in [0.717, 1.165) is 23.4 Å². The largest absolute Gasteiger partial charge is 0.464 e. The maximum absolute atomic E-state index is 6.45. The lowest BCUT2D eigenvalue weighted by atomic mass is 9.95. The van der Waals surface area contributed by atoms with Gasteiger partial charge in [-0.05, 0) is 35.4 Å². The number of hydrogen-bond donors (Lipinski definition) is 0. The molecule has 0 aliphatic carbocycles. The quantitative estimate of drug-likeness (QED) is 0.396. The molecule has 0 bridgehead atoms. The lowest BCUT2D eigenvalue weighted by Gasteiger charge is -2.38. The topological polar surface area (TPSA) is 24.8 Å². The molecule has 146 valence electrons. The second-order valence-electron chi connectivity index (χ2n) is 8.13. The third-order valence-electron chi connectivity index (χ3n) is 6.14. The standard InChI is InChI=1S/C27H22N2O/c1-18-10-12-20(13-11-18)27-29-25(23-8-4-5-9-26(23)30-27)17-24(28-29)22-15-14-19-6-2-3-7-21(19)16-22/h2-16,25,27H,17H2,1H3/t25-,27-/m0/s1. The van der Waals surface area contributed by atoms with Crippen LogP contribution in [0.3, 0.4) is 0 Å². The van der Waals surface area contributed by atoms with Crippen molar-refractivity contribution in [2.24, 2.45) is 5.10 Å². The summed E-state index contributed by atoms with van der Waals surface area (Å²) in [5, 5.41) is 9.74. The van der Waals surface area contributed by atoms with Crippen LogP contribution in [0.4, 0.5) is 0 Å². The Balaban J connectivity index is 1.44. The van der Waals surface area contributed by atoms with Crippen molar-refractivity contribution < 1.29 is 4.74 Å². The molecule has 0 saturated carbocycles. The molecule has 0 aromatic heterocycles. The minimum Gasteiger partial charge on any atom is -0.464 e. The first kappa shape index (κ1) is 17.3. The summed E-state index contributed by atoms with van der Waals surface area (Å²) in [6, 6.07) is 32.2. The van der Waals surface area contributed by atoms with E-state index < -0.39 is 0 Å². The number of ether oxygens (including phenoxy) is 1. The van der Waals surface area contributed by atoms with Gasteiger partial charge in [-0.1, -0.05) is 84.4 Å². The van der Waals surface area contributed by atoms with E-state index in [9.17, 15) is 0 Å². The Hall–Kier alpha value is -3.59. The van der Waals surface area contributed by atoms with E-state index in [1.54, 1.807) is 0 Å². The summed E-state index contributed by atoms with van der Waals surface area (Å²) in [6.45, 7) is 2.11. The van der Waals surface area contributed by atoms with Gasteiger partial charge in [0.2, 0.25) is 6.23 Å². The summed E-state index contributed by atoms with van der Waals surface area (Å²) >= 11 is 0. The van der Waals surface area contributed by atoms with Crippen molar-refractivity contribution >= 4 is 16.5 Å². The van der Waals surface area contributed by atoms with Crippen LogP contribution in [0, 0.1) is 6.92 Å². The lowest BCUT2D eigenvalue weighted by Crippen LogP contribution is -2.33. The molecule has 0 spiro atoms. The summed E-state index contributed by atoms with van der Waals surface area (Å²) in [4.78, 5) is 0. The molecule has 4 aromatic carbocycles. The zero-order valence-electron chi connectivity index (χ0n) is 16.8. The summed E-state index contributed by atoms with van der Waals surface area (Å²) in [5.74, 6) is 0.958. The average molecular weight is 390 g/mol. The van der Waals surface area contributed by atoms with E-state index in [-0.39, 0.29) is 12.3 Å². The van der Waals surface area contributed by atoms with Crippen molar-refractivity contribution in [3.05, 3.63) is 113 Å². The minimum absolute atomic E-state index is 0.183. The van der Waals surface area contributed by atoms with E-state index in [2.05, 4.69) is 96.9 Å². The Morgan fingerprint density at radius 1 is 0.833 bits per heavy atom. The second kappa shape index (κ2) is 6.74. The first-order chi connectivity index (χ1) is 14.8. The normalized spacial score (nSPS) is 19.8. The van der Waals surface area contributed by atoms with Crippen LogP contribution < -0.4 is 4.74 Å². The molecular formula is C27H22N2O. The highest BCUT2D eigenvalue weighted by atomic mass is 16.5. The van der Waals surface area contributed by atoms with Crippen molar-refractivity contribution in [1.82, 2.24) is 5.01 Å². The van der Waals surface area contributed by atoms with Gasteiger partial charge in [-0.3, -0.25) is 0 Å². The van der Waals surface area contributed by atoms with Gasteiger partial charge in [0.1, 0.15) is 5.75 Å². The van der Waals surface area contributed by atoms with E-state index in [1.165, 1.54) is 27.5 Å². The van der Waals surface area contributed by atoms with Gasteiger partial charge in [0.05, 0.1) is 11.8 Å². The number of benzene rings is 4. The molecule has 2 heterocycles. The highest BCUT2D eigenvalue weighted by Crippen LogP contribution is 2.47. The van der Waals surface area contributed by atoms with Crippen molar-refractivity contribution in [1.29, 1.82) is 0 Å². The predicted octanol–water partition coefficient (Wildman–Crippen LogP) is 6.39. The average Bonchev–Trinajstić information content (AvgIpc) is 3.25. The van der Waals surface area contributed by atoms with Crippen molar-refractivity contribution in [2.45, 2.75) is 25.6 Å². The van der Waals surface area contributed by atoms with Crippen molar-refractivity contribution in [3.63, 3.8) is 0 Å². The van der Waals surface area contributed by atoms with Gasteiger partial charge in [-0.15, -0.1) is 0 Å². The fraction of sp³-hybridized carbons (Fsp3) is 0.148. The molecule has 0 fully saturated rings. The van der Waals surface area contributed by atoms with Crippen LogP contribution in [-0.4, -0.2) is 10.7 Å². The Bertz CT molecular complexity index is 1280. The molecule has 3 nitrogen and oxygen atoms in total. The molecule has 0 N–H and O–H groups in total. The number of hydrogen-bond acceptors (Lipinski definition) is 3.